The first-order valence-electron chi connectivity index (χ1n) is 9.55. The zero-order valence-electron chi connectivity index (χ0n) is 16.9. The number of nitrogens with one attached hydrogen (secondary N) is 3. The fourth-order valence-electron chi connectivity index (χ4n) is 3.38. The molecule has 10 heteroatoms. The second-order valence-electron chi connectivity index (χ2n) is 7.15. The monoisotopic (exact) mass is 420 g/mol. The Hall–Kier alpha value is -4.21. The van der Waals surface area contributed by atoms with Crippen molar-refractivity contribution in [1.82, 2.24) is 20.2 Å². The normalized spacial score (nSPS) is 13.4. The minimum atomic E-state index is -0.500. The fraction of sp³-hybridized carbons (Fsp3) is 0.190. The van der Waals surface area contributed by atoms with E-state index >= 15 is 0 Å². The van der Waals surface area contributed by atoms with Gasteiger partial charge in [0.2, 0.25) is 0 Å². The van der Waals surface area contributed by atoms with Crippen LogP contribution in [0.5, 0.6) is 0 Å². The minimum absolute atomic E-state index is 0.0610. The van der Waals surface area contributed by atoms with Crippen molar-refractivity contribution in [2.75, 3.05) is 23.8 Å². The van der Waals surface area contributed by atoms with Gasteiger partial charge < -0.3 is 20.5 Å². The molecule has 31 heavy (non-hydrogen) atoms. The molecule has 3 N–H and O–H groups in total. The predicted molar refractivity (Wildman–Crippen MR) is 115 cm³/mol. The molecule has 0 atom stereocenters. The number of fused-ring (bicyclic) bond motifs is 1. The number of carbonyl (C=O) groups is 3. The van der Waals surface area contributed by atoms with Gasteiger partial charge in [-0.1, -0.05) is 18.2 Å². The number of aromatic amines is 1. The molecule has 1 fully saturated rings. The molecule has 4 rings (SSSR count). The Kier molecular flexibility index (Phi) is 5.12. The molecule has 1 aliphatic rings. The summed E-state index contributed by atoms with van der Waals surface area (Å²) in [5.41, 5.74) is 1.72. The zero-order chi connectivity index (χ0) is 22.1. The Bertz CT molecular complexity index is 1250. The van der Waals surface area contributed by atoms with Crippen LogP contribution in [0.2, 0.25) is 0 Å². The van der Waals surface area contributed by atoms with Crippen LogP contribution in [0.15, 0.2) is 47.3 Å². The van der Waals surface area contributed by atoms with E-state index in [-0.39, 0.29) is 24.6 Å². The molecule has 0 radical (unpaired) electrons. The Balaban J connectivity index is 1.52. The van der Waals surface area contributed by atoms with Gasteiger partial charge in [0.1, 0.15) is 5.82 Å². The summed E-state index contributed by atoms with van der Waals surface area (Å²) in [6, 6.07) is 11.0. The van der Waals surface area contributed by atoms with E-state index in [1.165, 1.54) is 4.90 Å². The van der Waals surface area contributed by atoms with E-state index in [9.17, 15) is 19.2 Å². The van der Waals surface area contributed by atoms with Gasteiger partial charge in [-0.25, -0.2) is 19.5 Å². The molecule has 2 aromatic carbocycles. The van der Waals surface area contributed by atoms with Crippen LogP contribution in [0, 0.1) is 6.92 Å². The zero-order valence-corrected chi connectivity index (χ0v) is 16.9. The Labute approximate surface area is 176 Å². The molecule has 2 heterocycles. The lowest BCUT2D eigenvalue weighted by Gasteiger charge is -2.21. The molecule has 0 aliphatic carbocycles. The fourth-order valence-corrected chi connectivity index (χ4v) is 3.38. The summed E-state index contributed by atoms with van der Waals surface area (Å²) in [6.07, 6.45) is 0. The van der Waals surface area contributed by atoms with Gasteiger partial charge in [0.25, 0.3) is 11.5 Å². The third-order valence-electron chi connectivity index (χ3n) is 5.03. The minimum Gasteiger partial charge on any atom is -0.328 e. The summed E-state index contributed by atoms with van der Waals surface area (Å²) in [4.78, 5) is 58.4. The number of benzene rings is 2. The highest BCUT2D eigenvalue weighted by molar-refractivity contribution is 6.20. The van der Waals surface area contributed by atoms with E-state index in [1.807, 2.05) is 0 Å². The van der Waals surface area contributed by atoms with Crippen molar-refractivity contribution < 1.29 is 14.4 Å². The Morgan fingerprint density at radius 1 is 1.16 bits per heavy atom. The molecule has 1 saturated heterocycles. The molecule has 0 bridgehead atoms. The molecule has 1 aliphatic heterocycles. The van der Waals surface area contributed by atoms with E-state index in [1.54, 1.807) is 56.4 Å². The van der Waals surface area contributed by atoms with Crippen LogP contribution in [0.25, 0.3) is 10.9 Å². The summed E-state index contributed by atoms with van der Waals surface area (Å²) >= 11 is 0. The first kappa shape index (κ1) is 20.1. The van der Waals surface area contributed by atoms with Crippen molar-refractivity contribution in [3.05, 3.63) is 64.2 Å². The molecule has 0 saturated carbocycles. The maximum atomic E-state index is 12.7. The lowest BCUT2D eigenvalue weighted by Crippen LogP contribution is -2.33. The maximum Gasteiger partial charge on any atom is 0.329 e. The number of imide groups is 1. The van der Waals surface area contributed by atoms with Crippen molar-refractivity contribution >= 4 is 40.2 Å². The van der Waals surface area contributed by atoms with E-state index in [0.29, 0.717) is 33.7 Å². The topological polar surface area (TPSA) is 128 Å². The van der Waals surface area contributed by atoms with E-state index in [0.717, 1.165) is 4.90 Å². The van der Waals surface area contributed by atoms with Gasteiger partial charge >= 0.3 is 12.1 Å². The number of carbonyl (C=O) groups excluding carboxylic acids is 3. The third-order valence-corrected chi connectivity index (χ3v) is 5.03. The van der Waals surface area contributed by atoms with Crippen molar-refractivity contribution in [2.24, 2.45) is 0 Å². The quantitative estimate of drug-likeness (QED) is 0.556. The molecule has 158 valence electrons. The SMILES string of the molecule is Cc1c(NC(=O)N(C)Cc2nc3ccccc3c(=O)[nH]2)cccc1N1C(=O)CNC1=O. The van der Waals surface area contributed by atoms with Crippen LogP contribution < -0.4 is 21.1 Å². The average molecular weight is 420 g/mol. The molecule has 0 spiro atoms. The Morgan fingerprint density at radius 3 is 2.68 bits per heavy atom. The van der Waals surface area contributed by atoms with Crippen molar-refractivity contribution in [3.63, 3.8) is 0 Å². The highest BCUT2D eigenvalue weighted by atomic mass is 16.2. The summed E-state index contributed by atoms with van der Waals surface area (Å²) in [6.45, 7) is 1.73. The summed E-state index contributed by atoms with van der Waals surface area (Å²) in [7, 11) is 1.57. The van der Waals surface area contributed by atoms with Gasteiger partial charge in [-0.2, -0.15) is 0 Å². The molecular weight excluding hydrogens is 400 g/mol. The summed E-state index contributed by atoms with van der Waals surface area (Å²) in [5.74, 6) is -0.00816. The van der Waals surface area contributed by atoms with Gasteiger partial charge in [0.05, 0.1) is 29.7 Å². The summed E-state index contributed by atoms with van der Waals surface area (Å²) < 4.78 is 0. The molecule has 1 aromatic heterocycles. The number of para-hydroxylation sites is 1. The van der Waals surface area contributed by atoms with Crippen LogP contribution in [0.1, 0.15) is 11.4 Å². The van der Waals surface area contributed by atoms with Crippen LogP contribution in [0.4, 0.5) is 21.0 Å². The van der Waals surface area contributed by atoms with Crippen LogP contribution in [-0.2, 0) is 11.3 Å². The van der Waals surface area contributed by atoms with Gasteiger partial charge in [-0.3, -0.25) is 9.59 Å². The highest BCUT2D eigenvalue weighted by Gasteiger charge is 2.31. The number of H-pyrrole nitrogens is 1. The van der Waals surface area contributed by atoms with Gasteiger partial charge in [0.15, 0.2) is 0 Å². The number of aromatic nitrogens is 2. The molecule has 10 nitrogen and oxygen atoms in total. The van der Waals surface area contributed by atoms with Crippen LogP contribution >= 0.6 is 0 Å². The number of amides is 5. The lowest BCUT2D eigenvalue weighted by atomic mass is 10.1. The van der Waals surface area contributed by atoms with Crippen molar-refractivity contribution in [3.8, 4) is 0 Å². The smallest absolute Gasteiger partial charge is 0.328 e. The van der Waals surface area contributed by atoms with Gasteiger partial charge in [0, 0.05) is 12.7 Å². The third kappa shape index (κ3) is 3.82. The molecular formula is C21H20N6O4. The van der Waals surface area contributed by atoms with Crippen molar-refractivity contribution in [2.45, 2.75) is 13.5 Å². The van der Waals surface area contributed by atoms with Gasteiger partial charge in [-0.15, -0.1) is 0 Å². The Morgan fingerprint density at radius 2 is 1.94 bits per heavy atom. The van der Waals surface area contributed by atoms with E-state index in [2.05, 4.69) is 20.6 Å². The number of hydrogen-bond acceptors (Lipinski definition) is 5. The van der Waals surface area contributed by atoms with E-state index in [4.69, 9.17) is 0 Å². The van der Waals surface area contributed by atoms with Crippen LogP contribution in [-0.4, -0.2) is 46.4 Å². The average Bonchev–Trinajstić information content (AvgIpc) is 3.07. The second kappa shape index (κ2) is 7.90. The largest absolute Gasteiger partial charge is 0.329 e. The number of rotatable bonds is 4. The number of hydrogen-bond donors (Lipinski definition) is 3. The first-order chi connectivity index (χ1) is 14.8. The lowest BCUT2D eigenvalue weighted by molar-refractivity contribution is -0.115. The summed E-state index contributed by atoms with van der Waals surface area (Å²) in [5, 5.41) is 5.73. The number of nitrogens with zero attached hydrogens (tertiary/aromatic N) is 3. The second-order valence-corrected chi connectivity index (χ2v) is 7.15. The molecule has 0 unspecified atom stereocenters. The number of urea groups is 2. The van der Waals surface area contributed by atoms with Crippen molar-refractivity contribution in [1.29, 1.82) is 0 Å². The molecule has 5 amide bonds. The van der Waals surface area contributed by atoms with E-state index < -0.39 is 12.1 Å². The van der Waals surface area contributed by atoms with Crippen LogP contribution in [0.3, 0.4) is 0 Å². The number of anilines is 2. The standard InChI is InChI=1S/C21H20N6O4/c1-12-14(8-5-9-16(12)27-18(28)10-22-20(27)30)24-21(31)26(2)11-17-23-15-7-4-3-6-13(15)19(29)25-17/h3-9H,10-11H2,1-2H3,(H,22,30)(H,24,31)(H,23,25,29). The first-order valence-corrected chi connectivity index (χ1v) is 9.55. The highest BCUT2D eigenvalue weighted by Crippen LogP contribution is 2.28. The maximum absolute atomic E-state index is 12.7. The predicted octanol–water partition coefficient (Wildman–Crippen LogP) is 1.95. The van der Waals surface area contributed by atoms with Gasteiger partial charge in [-0.05, 0) is 36.8 Å². The molecule has 3 aromatic rings.